The number of aryl methyl sites for hydroxylation is 2. The summed E-state index contributed by atoms with van der Waals surface area (Å²) in [6.45, 7) is 4.76. The summed E-state index contributed by atoms with van der Waals surface area (Å²) in [5.74, 6) is 0.311. The van der Waals surface area contributed by atoms with Crippen LogP contribution in [0.5, 0.6) is 0 Å². The highest BCUT2D eigenvalue weighted by Gasteiger charge is 2.37. The number of benzene rings is 1. The molecule has 0 radical (unpaired) electrons. The molecule has 3 rings (SSSR count). The highest BCUT2D eigenvalue weighted by atomic mass is 35.5. The van der Waals surface area contributed by atoms with Gasteiger partial charge in [0.15, 0.2) is 5.76 Å². The molecule has 0 amide bonds. The van der Waals surface area contributed by atoms with E-state index in [9.17, 15) is 8.42 Å². The van der Waals surface area contributed by atoms with Gasteiger partial charge in [-0.1, -0.05) is 28.9 Å². The van der Waals surface area contributed by atoms with Crippen molar-refractivity contribution in [2.75, 3.05) is 19.6 Å². The molecule has 1 unspecified atom stereocenters. The van der Waals surface area contributed by atoms with Gasteiger partial charge in [0.2, 0.25) is 10.0 Å². The number of halogens is 2. The Hall–Kier alpha value is -1.12. The molecule has 0 aliphatic carbocycles. The lowest BCUT2D eigenvalue weighted by molar-refractivity contribution is 0.271. The third kappa shape index (κ3) is 3.45. The van der Waals surface area contributed by atoms with Crippen LogP contribution in [0.4, 0.5) is 0 Å². The van der Waals surface area contributed by atoms with E-state index in [-0.39, 0.29) is 23.3 Å². The summed E-state index contributed by atoms with van der Waals surface area (Å²) < 4.78 is 32.8. The zero-order valence-electron chi connectivity index (χ0n) is 13.3. The Balaban J connectivity index is 0.00000208. The summed E-state index contributed by atoms with van der Waals surface area (Å²) >= 11 is 6.06. The van der Waals surface area contributed by atoms with Crippen molar-refractivity contribution in [2.24, 2.45) is 0 Å². The fraction of sp³-hybridized carbons (Fsp3) is 0.400. The number of nitrogens with one attached hydrogen (secondary N) is 1. The van der Waals surface area contributed by atoms with E-state index in [1.54, 1.807) is 26.0 Å². The molecule has 1 aromatic heterocycles. The van der Waals surface area contributed by atoms with Crippen molar-refractivity contribution in [1.29, 1.82) is 0 Å². The largest absolute Gasteiger partial charge is 0.360 e. The maximum Gasteiger partial charge on any atom is 0.249 e. The van der Waals surface area contributed by atoms with E-state index in [0.29, 0.717) is 36.1 Å². The second-order valence-corrected chi connectivity index (χ2v) is 7.81. The van der Waals surface area contributed by atoms with Gasteiger partial charge in [-0.25, -0.2) is 8.42 Å². The van der Waals surface area contributed by atoms with Gasteiger partial charge in [-0.15, -0.1) is 12.4 Å². The van der Waals surface area contributed by atoms with Gasteiger partial charge in [-0.05, 0) is 31.5 Å². The van der Waals surface area contributed by atoms with Crippen LogP contribution < -0.4 is 5.32 Å². The van der Waals surface area contributed by atoms with Crippen molar-refractivity contribution >= 4 is 34.0 Å². The molecule has 1 atom stereocenters. The average Bonchev–Trinajstić information content (AvgIpc) is 2.87. The average molecular weight is 392 g/mol. The molecule has 1 saturated heterocycles. The summed E-state index contributed by atoms with van der Waals surface area (Å²) in [7, 11) is -3.70. The smallest absolute Gasteiger partial charge is 0.249 e. The van der Waals surface area contributed by atoms with Gasteiger partial charge in [0.25, 0.3) is 0 Å². The molecule has 1 N–H and O–H groups in total. The van der Waals surface area contributed by atoms with Crippen LogP contribution in [0.25, 0.3) is 0 Å². The van der Waals surface area contributed by atoms with Crippen LogP contribution in [0.1, 0.15) is 23.1 Å². The van der Waals surface area contributed by atoms with E-state index < -0.39 is 10.0 Å². The maximum atomic E-state index is 13.1. The molecule has 1 aliphatic rings. The van der Waals surface area contributed by atoms with E-state index in [4.69, 9.17) is 16.1 Å². The molecular weight excluding hydrogens is 373 g/mol. The van der Waals surface area contributed by atoms with Crippen LogP contribution >= 0.6 is 24.0 Å². The van der Waals surface area contributed by atoms with Crippen molar-refractivity contribution in [3.05, 3.63) is 46.3 Å². The number of aromatic nitrogens is 1. The minimum atomic E-state index is -3.70. The standard InChI is InChI=1S/C15H18ClN3O3S.ClH/c1-10-15(11(2)22-18-10)23(20,21)19-7-6-17-9-14(19)12-4-3-5-13(16)8-12;/h3-5,8,14,17H,6-7,9H2,1-2H3;1H. The van der Waals surface area contributed by atoms with Gasteiger partial charge in [-0.2, -0.15) is 4.31 Å². The maximum absolute atomic E-state index is 13.1. The zero-order valence-corrected chi connectivity index (χ0v) is 15.7. The SMILES string of the molecule is Cc1noc(C)c1S(=O)(=O)N1CCNCC1c1cccc(Cl)c1.Cl. The topological polar surface area (TPSA) is 75.4 Å². The summed E-state index contributed by atoms with van der Waals surface area (Å²) in [6.07, 6.45) is 0. The van der Waals surface area contributed by atoms with Crippen LogP contribution in [0.3, 0.4) is 0 Å². The van der Waals surface area contributed by atoms with Crippen molar-refractivity contribution in [2.45, 2.75) is 24.8 Å². The summed E-state index contributed by atoms with van der Waals surface area (Å²) in [5, 5.41) is 7.60. The molecule has 24 heavy (non-hydrogen) atoms. The lowest BCUT2D eigenvalue weighted by Gasteiger charge is -2.35. The summed E-state index contributed by atoms with van der Waals surface area (Å²) in [4.78, 5) is 0.159. The second kappa shape index (κ2) is 7.41. The minimum Gasteiger partial charge on any atom is -0.360 e. The number of nitrogens with zero attached hydrogens (tertiary/aromatic N) is 2. The Labute approximate surface area is 152 Å². The third-order valence-corrected chi connectivity index (χ3v) is 6.35. The molecule has 1 aliphatic heterocycles. The fourth-order valence-corrected chi connectivity index (χ4v) is 5.04. The molecule has 1 fully saturated rings. The molecular formula is C15H19Cl2N3O3S. The molecule has 0 spiro atoms. The number of sulfonamides is 1. The molecule has 0 bridgehead atoms. The molecule has 1 aromatic carbocycles. The number of hydrogen-bond donors (Lipinski definition) is 1. The molecule has 2 heterocycles. The summed E-state index contributed by atoms with van der Waals surface area (Å²) in [5.41, 5.74) is 1.24. The van der Waals surface area contributed by atoms with Gasteiger partial charge in [0.05, 0.1) is 6.04 Å². The van der Waals surface area contributed by atoms with E-state index in [1.807, 2.05) is 12.1 Å². The van der Waals surface area contributed by atoms with Crippen LogP contribution in [0.2, 0.25) is 5.02 Å². The highest BCUT2D eigenvalue weighted by molar-refractivity contribution is 7.89. The van der Waals surface area contributed by atoms with Crippen molar-refractivity contribution in [1.82, 2.24) is 14.8 Å². The van der Waals surface area contributed by atoms with E-state index in [1.165, 1.54) is 4.31 Å². The Morgan fingerprint density at radius 1 is 1.38 bits per heavy atom. The van der Waals surface area contributed by atoms with Crippen molar-refractivity contribution in [3.8, 4) is 0 Å². The minimum absolute atomic E-state index is 0. The first-order valence-corrected chi connectivity index (χ1v) is 9.14. The van der Waals surface area contributed by atoms with Crippen molar-refractivity contribution in [3.63, 3.8) is 0 Å². The Morgan fingerprint density at radius 2 is 2.12 bits per heavy atom. The first-order chi connectivity index (χ1) is 10.9. The Kier molecular flexibility index (Phi) is 5.93. The molecule has 9 heteroatoms. The lowest BCUT2D eigenvalue weighted by atomic mass is 10.1. The predicted molar refractivity (Wildman–Crippen MR) is 94.2 cm³/mol. The number of piperazine rings is 1. The highest BCUT2D eigenvalue weighted by Crippen LogP contribution is 2.32. The van der Waals surface area contributed by atoms with E-state index in [0.717, 1.165) is 5.56 Å². The first-order valence-electron chi connectivity index (χ1n) is 7.32. The first kappa shape index (κ1) is 19.2. The van der Waals surface area contributed by atoms with E-state index >= 15 is 0 Å². The third-order valence-electron chi connectivity index (χ3n) is 3.96. The monoisotopic (exact) mass is 391 g/mol. The van der Waals surface area contributed by atoms with Crippen LogP contribution in [-0.4, -0.2) is 37.5 Å². The van der Waals surface area contributed by atoms with Crippen LogP contribution in [0, 0.1) is 13.8 Å². The Bertz CT molecular complexity index is 804. The molecule has 132 valence electrons. The van der Waals surface area contributed by atoms with Gasteiger partial charge in [0, 0.05) is 24.7 Å². The summed E-state index contributed by atoms with van der Waals surface area (Å²) in [6, 6.07) is 6.97. The van der Waals surface area contributed by atoms with E-state index in [2.05, 4.69) is 10.5 Å². The zero-order chi connectivity index (χ0) is 16.6. The quantitative estimate of drug-likeness (QED) is 0.870. The van der Waals surface area contributed by atoms with Gasteiger partial charge < -0.3 is 9.84 Å². The normalized spacial score (nSPS) is 19.0. The fourth-order valence-electron chi connectivity index (χ4n) is 2.93. The molecule has 2 aromatic rings. The second-order valence-electron chi connectivity index (χ2n) is 5.54. The lowest BCUT2D eigenvalue weighted by Crippen LogP contribution is -2.48. The van der Waals surface area contributed by atoms with Crippen LogP contribution in [-0.2, 0) is 10.0 Å². The number of rotatable bonds is 3. The Morgan fingerprint density at radius 3 is 2.75 bits per heavy atom. The number of hydrogen-bond acceptors (Lipinski definition) is 5. The predicted octanol–water partition coefficient (Wildman–Crippen LogP) is 2.70. The van der Waals surface area contributed by atoms with Crippen LogP contribution in [0.15, 0.2) is 33.7 Å². The van der Waals surface area contributed by atoms with Gasteiger partial charge >= 0.3 is 0 Å². The molecule has 6 nitrogen and oxygen atoms in total. The van der Waals surface area contributed by atoms with Crippen molar-refractivity contribution < 1.29 is 12.9 Å². The molecule has 0 saturated carbocycles. The van der Waals surface area contributed by atoms with Gasteiger partial charge in [-0.3, -0.25) is 0 Å². The van der Waals surface area contributed by atoms with Gasteiger partial charge in [0.1, 0.15) is 10.6 Å².